The number of hydrogen-bond acceptors (Lipinski definition) is 4. The number of nitrogens with zero attached hydrogens (tertiary/aromatic N) is 1. The van der Waals surface area contributed by atoms with Gasteiger partial charge in [0.1, 0.15) is 11.8 Å². The third-order valence-corrected chi connectivity index (χ3v) is 5.10. The Morgan fingerprint density at radius 3 is 2.61 bits per heavy atom. The molecule has 1 saturated carbocycles. The van der Waals surface area contributed by atoms with E-state index in [1.807, 2.05) is 30.3 Å². The summed E-state index contributed by atoms with van der Waals surface area (Å²) in [6.45, 7) is 0. The highest BCUT2D eigenvalue weighted by atomic mass is 32.2. The second kappa shape index (κ2) is 6.03. The van der Waals surface area contributed by atoms with Crippen LogP contribution in [0.3, 0.4) is 0 Å². The third kappa shape index (κ3) is 3.52. The lowest BCUT2D eigenvalue weighted by Gasteiger charge is -2.05. The zero-order chi connectivity index (χ0) is 16.4. The van der Waals surface area contributed by atoms with Crippen molar-refractivity contribution >= 4 is 26.9 Å². The van der Waals surface area contributed by atoms with Gasteiger partial charge in [-0.25, -0.2) is 13.1 Å². The van der Waals surface area contributed by atoms with Gasteiger partial charge >= 0.3 is 0 Å². The van der Waals surface area contributed by atoms with Crippen LogP contribution in [-0.2, 0) is 10.0 Å². The van der Waals surface area contributed by atoms with Gasteiger partial charge < -0.3 is 4.74 Å². The van der Waals surface area contributed by atoms with Crippen LogP contribution in [0.2, 0.25) is 0 Å². The fraction of sp³-hybridized carbons (Fsp3) is 0.235. The highest BCUT2D eigenvalue weighted by Gasteiger charge is 2.29. The Balaban J connectivity index is 1.96. The first kappa shape index (κ1) is 15.5. The number of rotatable bonds is 5. The molecule has 23 heavy (non-hydrogen) atoms. The molecule has 2 aromatic carbocycles. The van der Waals surface area contributed by atoms with Crippen LogP contribution in [0.4, 0.5) is 0 Å². The predicted molar refractivity (Wildman–Crippen MR) is 89.2 cm³/mol. The lowest BCUT2D eigenvalue weighted by Crippen LogP contribution is -2.26. The molecule has 0 aromatic heterocycles. The summed E-state index contributed by atoms with van der Waals surface area (Å²) in [7, 11) is -2.13. The van der Waals surface area contributed by atoms with Crippen LogP contribution >= 0.6 is 0 Å². The molecule has 118 valence electrons. The van der Waals surface area contributed by atoms with Crippen molar-refractivity contribution in [1.29, 1.82) is 5.26 Å². The van der Waals surface area contributed by atoms with Crippen molar-refractivity contribution in [3.63, 3.8) is 0 Å². The molecular formula is C17H16N2O3S. The van der Waals surface area contributed by atoms with Gasteiger partial charge in [-0.2, -0.15) is 5.26 Å². The summed E-state index contributed by atoms with van der Waals surface area (Å²) in [5.41, 5.74) is 0.667. The summed E-state index contributed by atoms with van der Waals surface area (Å²) in [4.78, 5) is -0.266. The second-order valence-corrected chi connectivity index (χ2v) is 7.17. The van der Waals surface area contributed by atoms with Crippen molar-refractivity contribution < 1.29 is 13.2 Å². The number of sulfonamides is 1. The van der Waals surface area contributed by atoms with Gasteiger partial charge in [0.25, 0.3) is 10.0 Å². The smallest absolute Gasteiger partial charge is 0.250 e. The SMILES string of the molecule is COc1ccc2cc(C=C(C#N)S(=O)(=O)NC3CC3)ccc2c1. The van der Waals surface area contributed by atoms with Crippen LogP contribution in [0, 0.1) is 11.3 Å². The Bertz CT molecular complexity index is 922. The first-order valence-corrected chi connectivity index (χ1v) is 8.72. The molecule has 0 heterocycles. The summed E-state index contributed by atoms with van der Waals surface area (Å²) in [6, 6.07) is 12.9. The largest absolute Gasteiger partial charge is 0.497 e. The molecule has 1 aliphatic rings. The lowest BCUT2D eigenvalue weighted by molar-refractivity contribution is 0.415. The summed E-state index contributed by atoms with van der Waals surface area (Å²) in [5, 5.41) is 11.1. The normalized spacial score (nSPS) is 15.4. The second-order valence-electron chi connectivity index (χ2n) is 5.49. The predicted octanol–water partition coefficient (Wildman–Crippen LogP) is 2.79. The molecule has 0 unspecified atom stereocenters. The number of methoxy groups -OCH3 is 1. The van der Waals surface area contributed by atoms with Gasteiger partial charge in [0.2, 0.25) is 0 Å². The van der Waals surface area contributed by atoms with Crippen molar-refractivity contribution in [1.82, 2.24) is 4.72 Å². The minimum atomic E-state index is -3.74. The number of benzene rings is 2. The molecule has 6 heteroatoms. The van der Waals surface area contributed by atoms with Gasteiger partial charge in [0, 0.05) is 6.04 Å². The van der Waals surface area contributed by atoms with E-state index in [-0.39, 0.29) is 10.9 Å². The maximum Gasteiger partial charge on any atom is 0.250 e. The van der Waals surface area contributed by atoms with Gasteiger partial charge in [-0.1, -0.05) is 18.2 Å². The molecule has 0 bridgehead atoms. The minimum Gasteiger partial charge on any atom is -0.497 e. The van der Waals surface area contributed by atoms with E-state index in [0.29, 0.717) is 5.56 Å². The first-order chi connectivity index (χ1) is 11.0. The van der Waals surface area contributed by atoms with E-state index in [1.54, 1.807) is 19.2 Å². The quantitative estimate of drug-likeness (QED) is 0.856. The van der Waals surface area contributed by atoms with Crippen LogP contribution in [0.25, 0.3) is 16.8 Å². The van der Waals surface area contributed by atoms with Crippen LogP contribution in [0.1, 0.15) is 18.4 Å². The topological polar surface area (TPSA) is 79.2 Å². The van der Waals surface area contributed by atoms with E-state index in [4.69, 9.17) is 4.74 Å². The van der Waals surface area contributed by atoms with Gasteiger partial charge in [0.15, 0.2) is 4.91 Å². The van der Waals surface area contributed by atoms with Crippen molar-refractivity contribution in [2.75, 3.05) is 7.11 Å². The average molecular weight is 328 g/mol. The molecule has 1 fully saturated rings. The molecule has 0 saturated heterocycles. The fourth-order valence-corrected chi connectivity index (χ4v) is 3.48. The number of nitrogens with one attached hydrogen (secondary N) is 1. The Morgan fingerprint density at radius 1 is 1.26 bits per heavy atom. The van der Waals surface area contributed by atoms with E-state index >= 15 is 0 Å². The number of nitriles is 1. The molecule has 3 rings (SSSR count). The molecular weight excluding hydrogens is 312 g/mol. The molecule has 0 atom stereocenters. The maximum atomic E-state index is 12.1. The van der Waals surface area contributed by atoms with E-state index in [2.05, 4.69) is 4.72 Å². The Labute approximate surface area is 135 Å². The monoisotopic (exact) mass is 328 g/mol. The fourth-order valence-electron chi connectivity index (χ4n) is 2.26. The van der Waals surface area contributed by atoms with Crippen LogP contribution < -0.4 is 9.46 Å². The molecule has 0 spiro atoms. The Kier molecular flexibility index (Phi) is 4.07. The van der Waals surface area contributed by atoms with Crippen LogP contribution in [0.15, 0.2) is 41.3 Å². The van der Waals surface area contributed by atoms with Gasteiger partial charge in [-0.05, 0) is 53.5 Å². The summed E-state index contributed by atoms with van der Waals surface area (Å²) in [6.07, 6.45) is 3.06. The summed E-state index contributed by atoms with van der Waals surface area (Å²) >= 11 is 0. The lowest BCUT2D eigenvalue weighted by atomic mass is 10.1. The molecule has 2 aromatic rings. The van der Waals surface area contributed by atoms with E-state index < -0.39 is 10.0 Å². The zero-order valence-corrected chi connectivity index (χ0v) is 13.4. The summed E-state index contributed by atoms with van der Waals surface area (Å²) in [5.74, 6) is 0.759. The minimum absolute atomic E-state index is 0.0270. The average Bonchev–Trinajstić information content (AvgIpc) is 3.34. The Morgan fingerprint density at radius 2 is 1.96 bits per heavy atom. The standard InChI is InChI=1S/C17H16N2O3S/c1-22-16-7-4-13-8-12(2-3-14(13)10-16)9-17(11-18)23(20,21)19-15-5-6-15/h2-4,7-10,15,19H,5-6H2,1H3. The zero-order valence-electron chi connectivity index (χ0n) is 12.6. The number of hydrogen-bond donors (Lipinski definition) is 1. The van der Waals surface area contributed by atoms with E-state index in [9.17, 15) is 13.7 Å². The van der Waals surface area contributed by atoms with E-state index in [1.165, 1.54) is 6.08 Å². The van der Waals surface area contributed by atoms with Crippen LogP contribution in [0.5, 0.6) is 5.75 Å². The molecule has 0 aliphatic heterocycles. The Hall–Kier alpha value is -2.36. The number of allylic oxidation sites excluding steroid dienone is 1. The molecule has 0 amide bonds. The van der Waals surface area contributed by atoms with Crippen molar-refractivity contribution in [2.24, 2.45) is 0 Å². The third-order valence-electron chi connectivity index (χ3n) is 3.67. The molecule has 1 N–H and O–H groups in total. The van der Waals surface area contributed by atoms with Crippen molar-refractivity contribution in [2.45, 2.75) is 18.9 Å². The van der Waals surface area contributed by atoms with Gasteiger partial charge in [0.05, 0.1) is 7.11 Å². The highest BCUT2D eigenvalue weighted by molar-refractivity contribution is 7.93. The maximum absolute atomic E-state index is 12.1. The van der Waals surface area contributed by atoms with Crippen molar-refractivity contribution in [3.8, 4) is 11.8 Å². The molecule has 1 aliphatic carbocycles. The van der Waals surface area contributed by atoms with Gasteiger partial charge in [-0.15, -0.1) is 0 Å². The van der Waals surface area contributed by atoms with E-state index in [0.717, 1.165) is 29.4 Å². The first-order valence-electron chi connectivity index (χ1n) is 7.24. The number of ether oxygens (including phenoxy) is 1. The number of fused-ring (bicyclic) bond motifs is 1. The van der Waals surface area contributed by atoms with Gasteiger partial charge in [-0.3, -0.25) is 0 Å². The molecule has 0 radical (unpaired) electrons. The van der Waals surface area contributed by atoms with Crippen LogP contribution in [-0.4, -0.2) is 21.6 Å². The highest BCUT2D eigenvalue weighted by Crippen LogP contribution is 2.25. The molecule has 5 nitrogen and oxygen atoms in total. The van der Waals surface area contributed by atoms with Crippen molar-refractivity contribution in [3.05, 3.63) is 46.9 Å². The summed E-state index contributed by atoms with van der Waals surface area (Å²) < 4.78 is 32.0.